The van der Waals surface area contributed by atoms with E-state index in [-0.39, 0.29) is 26.4 Å². The zero-order valence-electron chi connectivity index (χ0n) is 22.5. The fraction of sp³-hybridized carbons (Fsp3) is 0.926. The van der Waals surface area contributed by atoms with E-state index in [1.54, 1.807) is 0 Å². The lowest BCUT2D eigenvalue weighted by Crippen LogP contribution is -2.22. The van der Waals surface area contributed by atoms with Crippen LogP contribution in [0.25, 0.3) is 0 Å². The molecule has 35 heavy (non-hydrogen) atoms. The summed E-state index contributed by atoms with van der Waals surface area (Å²) in [5.74, 6) is 0. The lowest BCUT2D eigenvalue weighted by atomic mass is 10.1. The summed E-state index contributed by atoms with van der Waals surface area (Å²) in [5, 5.41) is 9.74. The lowest BCUT2D eigenvalue weighted by molar-refractivity contribution is 0.00230. The van der Waals surface area contributed by atoms with Crippen molar-refractivity contribution in [3.63, 3.8) is 0 Å². The van der Waals surface area contributed by atoms with Crippen LogP contribution in [0.5, 0.6) is 0 Å². The van der Waals surface area contributed by atoms with Crippen molar-refractivity contribution in [3.05, 3.63) is 12.2 Å². The highest BCUT2D eigenvalue weighted by atomic mass is 31.2. The van der Waals surface area contributed by atoms with Crippen LogP contribution in [0.3, 0.4) is 0 Å². The van der Waals surface area contributed by atoms with Gasteiger partial charge in [0, 0.05) is 13.2 Å². The number of allylic oxidation sites excluding steroid dienone is 2. The van der Waals surface area contributed by atoms with Crippen molar-refractivity contribution in [2.45, 2.75) is 129 Å². The molecule has 0 aromatic heterocycles. The summed E-state index contributed by atoms with van der Waals surface area (Å²) >= 11 is 0. The quantitative estimate of drug-likeness (QED) is 0.0574. The van der Waals surface area contributed by atoms with Crippen LogP contribution in [0.15, 0.2) is 12.2 Å². The van der Waals surface area contributed by atoms with Crippen LogP contribution in [0.1, 0.15) is 122 Å². The summed E-state index contributed by atoms with van der Waals surface area (Å²) < 4.78 is 26.1. The average molecular weight is 522 g/mol. The Kier molecular flexibility index (Phi) is 26.6. The van der Waals surface area contributed by atoms with Gasteiger partial charge in [0.25, 0.3) is 0 Å². The number of nitrogens with two attached hydrogens (primary N) is 1. The molecular weight excluding hydrogens is 465 g/mol. The van der Waals surface area contributed by atoms with Crippen LogP contribution in [0.4, 0.5) is 0 Å². The molecule has 8 heteroatoms. The SMILES string of the molecule is CCCCCCCC/C=C\CCCCCCCCCCCCOC[C@@H](O)COP(=O)(O)OCCN. The normalized spacial score (nSPS) is 14.5. The molecule has 0 aliphatic carbocycles. The molecular formula is C27H56NO6P. The Bertz CT molecular complexity index is 506. The Morgan fingerprint density at radius 3 is 1.71 bits per heavy atom. The first-order valence-corrected chi connectivity index (χ1v) is 15.7. The molecule has 0 radical (unpaired) electrons. The Morgan fingerprint density at radius 1 is 0.714 bits per heavy atom. The molecule has 0 aliphatic heterocycles. The number of aliphatic hydroxyl groups excluding tert-OH is 1. The summed E-state index contributed by atoms with van der Waals surface area (Å²) in [4.78, 5) is 9.35. The molecule has 0 spiro atoms. The van der Waals surface area contributed by atoms with Crippen molar-refractivity contribution in [2.24, 2.45) is 5.73 Å². The third-order valence-electron chi connectivity index (χ3n) is 5.91. The van der Waals surface area contributed by atoms with E-state index >= 15 is 0 Å². The summed E-state index contributed by atoms with van der Waals surface area (Å²) in [7, 11) is -4.14. The van der Waals surface area contributed by atoms with Gasteiger partial charge < -0.3 is 20.5 Å². The highest BCUT2D eigenvalue weighted by Crippen LogP contribution is 2.42. The van der Waals surface area contributed by atoms with E-state index in [2.05, 4.69) is 23.6 Å². The summed E-state index contributed by atoms with van der Waals surface area (Å²) in [5.41, 5.74) is 5.20. The Labute approximate surface area is 215 Å². The molecule has 0 fully saturated rings. The maximum atomic E-state index is 11.4. The van der Waals surface area contributed by atoms with Gasteiger partial charge in [-0.25, -0.2) is 4.57 Å². The number of ether oxygens (including phenoxy) is 1. The monoisotopic (exact) mass is 521 g/mol. The minimum atomic E-state index is -4.14. The third-order valence-corrected chi connectivity index (χ3v) is 6.90. The van der Waals surface area contributed by atoms with Crippen molar-refractivity contribution >= 4 is 7.82 Å². The van der Waals surface area contributed by atoms with E-state index in [9.17, 15) is 14.6 Å². The maximum absolute atomic E-state index is 11.4. The van der Waals surface area contributed by atoms with Gasteiger partial charge in [-0.1, -0.05) is 103 Å². The molecule has 0 aliphatic rings. The van der Waals surface area contributed by atoms with Gasteiger partial charge in [-0.15, -0.1) is 0 Å². The highest BCUT2D eigenvalue weighted by Gasteiger charge is 2.22. The van der Waals surface area contributed by atoms with Gasteiger partial charge in [0.1, 0.15) is 6.10 Å². The van der Waals surface area contributed by atoms with Crippen molar-refractivity contribution in [1.29, 1.82) is 0 Å². The molecule has 0 saturated heterocycles. The molecule has 4 N–H and O–H groups in total. The summed E-state index contributed by atoms with van der Waals surface area (Å²) in [6.45, 7) is 2.66. The zero-order chi connectivity index (χ0) is 25.9. The predicted molar refractivity (Wildman–Crippen MR) is 146 cm³/mol. The molecule has 0 rings (SSSR count). The number of unbranched alkanes of at least 4 members (excludes halogenated alkanes) is 16. The van der Waals surface area contributed by atoms with Gasteiger partial charge in [0.2, 0.25) is 0 Å². The molecule has 1 unspecified atom stereocenters. The van der Waals surface area contributed by atoms with Crippen molar-refractivity contribution in [2.75, 3.05) is 33.0 Å². The summed E-state index contributed by atoms with van der Waals surface area (Å²) in [6.07, 6.45) is 27.2. The van der Waals surface area contributed by atoms with Crippen molar-refractivity contribution in [1.82, 2.24) is 0 Å². The topological polar surface area (TPSA) is 111 Å². The van der Waals surface area contributed by atoms with Crippen LogP contribution in [-0.4, -0.2) is 49.1 Å². The van der Waals surface area contributed by atoms with E-state index in [4.69, 9.17) is 15.0 Å². The smallest absolute Gasteiger partial charge is 0.388 e. The average Bonchev–Trinajstić information content (AvgIpc) is 2.84. The number of aliphatic hydroxyl groups is 1. The lowest BCUT2D eigenvalue weighted by Gasteiger charge is -2.15. The Morgan fingerprint density at radius 2 is 1.20 bits per heavy atom. The largest absolute Gasteiger partial charge is 0.472 e. The van der Waals surface area contributed by atoms with E-state index in [0.29, 0.717) is 6.61 Å². The van der Waals surface area contributed by atoms with Gasteiger partial charge in [-0.05, 0) is 32.1 Å². The second-order valence-corrected chi connectivity index (χ2v) is 10.9. The number of rotatable bonds is 28. The standard InChI is InChI=1S/C27H56NO6P/c1-2-3-4-5-6-7-8-9-10-11-12-13-14-15-16-17-18-19-20-21-23-32-25-27(29)26-34-35(30,31)33-24-22-28/h9-10,27,29H,2-8,11-26,28H2,1H3,(H,30,31)/b10-9-/t27-/m1/s1. The van der Waals surface area contributed by atoms with E-state index in [0.717, 1.165) is 12.8 Å². The molecule has 210 valence electrons. The molecule has 0 amide bonds. The first kappa shape index (κ1) is 34.7. The fourth-order valence-electron chi connectivity index (χ4n) is 3.81. The Balaban J connectivity index is 3.27. The van der Waals surface area contributed by atoms with E-state index < -0.39 is 13.9 Å². The van der Waals surface area contributed by atoms with Gasteiger partial charge in [0.05, 0.1) is 19.8 Å². The highest BCUT2D eigenvalue weighted by molar-refractivity contribution is 7.47. The molecule has 0 bridgehead atoms. The predicted octanol–water partition coefficient (Wildman–Crippen LogP) is 7.05. The van der Waals surface area contributed by atoms with Gasteiger partial charge >= 0.3 is 7.82 Å². The zero-order valence-corrected chi connectivity index (χ0v) is 23.4. The van der Waals surface area contributed by atoms with Crippen LogP contribution in [-0.2, 0) is 18.3 Å². The first-order chi connectivity index (χ1) is 17.0. The van der Waals surface area contributed by atoms with Crippen LogP contribution in [0.2, 0.25) is 0 Å². The minimum absolute atomic E-state index is 0.0718. The van der Waals surface area contributed by atoms with Crippen LogP contribution >= 0.6 is 7.82 Å². The van der Waals surface area contributed by atoms with Crippen LogP contribution < -0.4 is 5.73 Å². The molecule has 7 nitrogen and oxygen atoms in total. The number of hydrogen-bond acceptors (Lipinski definition) is 6. The molecule has 0 heterocycles. The molecule has 0 aromatic rings. The second-order valence-electron chi connectivity index (χ2n) is 9.47. The Hall–Kier alpha value is -0.270. The van der Waals surface area contributed by atoms with Crippen LogP contribution in [0, 0.1) is 0 Å². The second kappa shape index (κ2) is 26.8. The minimum Gasteiger partial charge on any atom is -0.388 e. The van der Waals surface area contributed by atoms with E-state index in [1.165, 1.54) is 103 Å². The molecule has 2 atom stereocenters. The summed E-state index contributed by atoms with van der Waals surface area (Å²) in [6, 6.07) is 0. The molecule has 0 saturated carbocycles. The van der Waals surface area contributed by atoms with E-state index in [1.807, 2.05) is 0 Å². The van der Waals surface area contributed by atoms with Gasteiger partial charge in [0.15, 0.2) is 0 Å². The number of hydrogen-bond donors (Lipinski definition) is 3. The fourth-order valence-corrected chi connectivity index (χ4v) is 4.58. The van der Waals surface area contributed by atoms with Gasteiger partial charge in [-0.2, -0.15) is 0 Å². The third kappa shape index (κ3) is 28.2. The molecule has 0 aromatic carbocycles. The van der Waals surface area contributed by atoms with Gasteiger partial charge in [-0.3, -0.25) is 9.05 Å². The maximum Gasteiger partial charge on any atom is 0.472 e. The number of phosphoric ester groups is 1. The number of phosphoric acid groups is 1. The van der Waals surface area contributed by atoms with Crippen molar-refractivity contribution in [3.8, 4) is 0 Å². The van der Waals surface area contributed by atoms with Crippen molar-refractivity contribution < 1.29 is 28.3 Å². The first-order valence-electron chi connectivity index (χ1n) is 14.2.